The molecule has 1 saturated heterocycles. The van der Waals surface area contributed by atoms with E-state index < -0.39 is 11.9 Å². The third kappa shape index (κ3) is 5.72. The largest absolute Gasteiger partial charge is 0.481 e. The third-order valence-corrected chi connectivity index (χ3v) is 3.25. The SMILES string of the molecule is CC(CC(=O)O)CC(=O)NC(=O)N1CCCC(C)C1. The van der Waals surface area contributed by atoms with E-state index in [4.69, 9.17) is 5.11 Å². The molecule has 0 spiro atoms. The van der Waals surface area contributed by atoms with Crippen LogP contribution in [0.1, 0.15) is 39.5 Å². The van der Waals surface area contributed by atoms with Crippen LogP contribution in [0, 0.1) is 11.8 Å². The van der Waals surface area contributed by atoms with Crippen molar-refractivity contribution in [2.45, 2.75) is 39.5 Å². The molecule has 2 unspecified atom stereocenters. The second kappa shape index (κ2) is 7.11. The molecular weight excluding hydrogens is 248 g/mol. The standard InChI is InChI=1S/C13H22N2O4/c1-9-4-3-5-15(8-9)13(19)14-11(16)6-10(2)7-12(17)18/h9-10H,3-8H2,1-2H3,(H,17,18)(H,14,16,19). The van der Waals surface area contributed by atoms with Crippen molar-refractivity contribution in [1.29, 1.82) is 0 Å². The van der Waals surface area contributed by atoms with Crippen LogP contribution in [-0.2, 0) is 9.59 Å². The fourth-order valence-electron chi connectivity index (χ4n) is 2.31. The summed E-state index contributed by atoms with van der Waals surface area (Å²) in [4.78, 5) is 35.6. The zero-order chi connectivity index (χ0) is 14.4. The molecule has 1 aliphatic rings. The molecule has 1 rings (SSSR count). The van der Waals surface area contributed by atoms with Crippen molar-refractivity contribution in [3.8, 4) is 0 Å². The number of imide groups is 1. The molecule has 0 aliphatic carbocycles. The van der Waals surface area contributed by atoms with Crippen molar-refractivity contribution in [3.63, 3.8) is 0 Å². The summed E-state index contributed by atoms with van der Waals surface area (Å²) in [6, 6.07) is -0.362. The van der Waals surface area contributed by atoms with Crippen LogP contribution in [0.2, 0.25) is 0 Å². The van der Waals surface area contributed by atoms with Gasteiger partial charge in [-0.3, -0.25) is 14.9 Å². The van der Waals surface area contributed by atoms with Crippen molar-refractivity contribution in [3.05, 3.63) is 0 Å². The number of urea groups is 1. The monoisotopic (exact) mass is 270 g/mol. The number of hydrogen-bond acceptors (Lipinski definition) is 3. The fourth-order valence-corrected chi connectivity index (χ4v) is 2.31. The van der Waals surface area contributed by atoms with E-state index in [0.717, 1.165) is 12.8 Å². The number of carbonyl (C=O) groups excluding carboxylic acids is 2. The summed E-state index contributed by atoms with van der Waals surface area (Å²) in [5, 5.41) is 10.9. The second-order valence-corrected chi connectivity index (χ2v) is 5.45. The maximum atomic E-state index is 11.8. The molecule has 1 aliphatic heterocycles. The molecule has 2 N–H and O–H groups in total. The first-order chi connectivity index (χ1) is 8.88. The molecule has 6 heteroatoms. The Morgan fingerprint density at radius 1 is 1.37 bits per heavy atom. The van der Waals surface area contributed by atoms with Crippen LogP contribution in [-0.4, -0.2) is 41.0 Å². The minimum Gasteiger partial charge on any atom is -0.481 e. The van der Waals surface area contributed by atoms with Gasteiger partial charge in [-0.1, -0.05) is 13.8 Å². The zero-order valence-electron chi connectivity index (χ0n) is 11.5. The fraction of sp³-hybridized carbons (Fsp3) is 0.769. The van der Waals surface area contributed by atoms with E-state index in [-0.39, 0.29) is 24.8 Å². The first kappa shape index (κ1) is 15.5. The van der Waals surface area contributed by atoms with Gasteiger partial charge in [0.2, 0.25) is 5.91 Å². The lowest BCUT2D eigenvalue weighted by molar-refractivity contribution is -0.138. The molecule has 1 heterocycles. The zero-order valence-corrected chi connectivity index (χ0v) is 11.5. The van der Waals surface area contributed by atoms with Gasteiger partial charge >= 0.3 is 12.0 Å². The van der Waals surface area contributed by atoms with E-state index in [1.165, 1.54) is 0 Å². The van der Waals surface area contributed by atoms with Crippen LogP contribution >= 0.6 is 0 Å². The minimum atomic E-state index is -0.934. The predicted molar refractivity (Wildman–Crippen MR) is 69.5 cm³/mol. The molecule has 6 nitrogen and oxygen atoms in total. The van der Waals surface area contributed by atoms with E-state index in [0.29, 0.717) is 19.0 Å². The van der Waals surface area contributed by atoms with Crippen LogP contribution in [0.15, 0.2) is 0 Å². The quantitative estimate of drug-likeness (QED) is 0.809. The summed E-state index contributed by atoms with van der Waals surface area (Å²) in [7, 11) is 0. The number of rotatable bonds is 4. The highest BCUT2D eigenvalue weighted by atomic mass is 16.4. The number of nitrogens with one attached hydrogen (secondary N) is 1. The average molecular weight is 270 g/mol. The highest BCUT2D eigenvalue weighted by Crippen LogP contribution is 2.15. The Kier molecular flexibility index (Phi) is 5.79. The second-order valence-electron chi connectivity index (χ2n) is 5.45. The molecule has 3 amide bonds. The molecule has 0 bridgehead atoms. The summed E-state index contributed by atoms with van der Waals surface area (Å²) < 4.78 is 0. The summed E-state index contributed by atoms with van der Waals surface area (Å²) in [6.45, 7) is 5.11. The average Bonchev–Trinajstić information content (AvgIpc) is 2.27. The number of likely N-dealkylation sites (tertiary alicyclic amines) is 1. The smallest absolute Gasteiger partial charge is 0.324 e. The van der Waals surface area contributed by atoms with Crippen molar-refractivity contribution in [2.75, 3.05) is 13.1 Å². The summed E-state index contributed by atoms with van der Waals surface area (Å²) in [5.41, 5.74) is 0. The van der Waals surface area contributed by atoms with Crippen LogP contribution in [0.4, 0.5) is 4.79 Å². The number of amides is 3. The minimum absolute atomic E-state index is 0.0570. The van der Waals surface area contributed by atoms with Gasteiger partial charge < -0.3 is 10.0 Å². The van der Waals surface area contributed by atoms with Crippen molar-refractivity contribution < 1.29 is 19.5 Å². The first-order valence-corrected chi connectivity index (χ1v) is 6.69. The molecule has 0 saturated carbocycles. The molecule has 0 aromatic carbocycles. The Morgan fingerprint density at radius 3 is 2.63 bits per heavy atom. The molecule has 19 heavy (non-hydrogen) atoms. The summed E-state index contributed by atoms with van der Waals surface area (Å²) in [5.74, 6) is -1.15. The number of carboxylic acids is 1. The molecular formula is C13H22N2O4. The number of hydrogen-bond donors (Lipinski definition) is 2. The maximum absolute atomic E-state index is 11.8. The van der Waals surface area contributed by atoms with E-state index in [2.05, 4.69) is 12.2 Å². The third-order valence-electron chi connectivity index (χ3n) is 3.25. The topological polar surface area (TPSA) is 86.7 Å². The molecule has 2 atom stereocenters. The number of aliphatic carboxylic acids is 1. The highest BCUT2D eigenvalue weighted by Gasteiger charge is 2.23. The Morgan fingerprint density at radius 2 is 2.05 bits per heavy atom. The van der Waals surface area contributed by atoms with Crippen molar-refractivity contribution in [1.82, 2.24) is 10.2 Å². The lowest BCUT2D eigenvalue weighted by atomic mass is 10.0. The Labute approximate surface area is 113 Å². The molecule has 0 aromatic rings. The lowest BCUT2D eigenvalue weighted by Gasteiger charge is -2.30. The van der Waals surface area contributed by atoms with E-state index in [1.807, 2.05) is 0 Å². The summed E-state index contributed by atoms with van der Waals surface area (Å²) in [6.07, 6.45) is 2.05. The summed E-state index contributed by atoms with van der Waals surface area (Å²) >= 11 is 0. The number of piperidine rings is 1. The normalized spacial score (nSPS) is 20.7. The van der Waals surface area contributed by atoms with E-state index >= 15 is 0 Å². The van der Waals surface area contributed by atoms with Gasteiger partial charge in [0, 0.05) is 25.9 Å². The van der Waals surface area contributed by atoms with Gasteiger partial charge in [0.15, 0.2) is 0 Å². The first-order valence-electron chi connectivity index (χ1n) is 6.69. The Hall–Kier alpha value is -1.59. The number of carboxylic acid groups (broad SMARTS) is 1. The van der Waals surface area contributed by atoms with Gasteiger partial charge in [-0.25, -0.2) is 4.79 Å². The van der Waals surface area contributed by atoms with Crippen LogP contribution in [0.5, 0.6) is 0 Å². The van der Waals surface area contributed by atoms with Crippen LogP contribution in [0.25, 0.3) is 0 Å². The van der Waals surface area contributed by atoms with Gasteiger partial charge in [-0.15, -0.1) is 0 Å². The van der Waals surface area contributed by atoms with Gasteiger partial charge in [0.05, 0.1) is 0 Å². The molecule has 0 radical (unpaired) electrons. The maximum Gasteiger partial charge on any atom is 0.324 e. The molecule has 1 fully saturated rings. The van der Waals surface area contributed by atoms with Gasteiger partial charge in [0.25, 0.3) is 0 Å². The van der Waals surface area contributed by atoms with Crippen molar-refractivity contribution >= 4 is 17.9 Å². The van der Waals surface area contributed by atoms with Crippen LogP contribution in [0.3, 0.4) is 0 Å². The number of nitrogens with zero attached hydrogens (tertiary/aromatic N) is 1. The molecule has 0 aromatic heterocycles. The molecule has 108 valence electrons. The van der Waals surface area contributed by atoms with Gasteiger partial charge in [-0.2, -0.15) is 0 Å². The van der Waals surface area contributed by atoms with E-state index in [9.17, 15) is 14.4 Å². The number of carbonyl (C=O) groups is 3. The lowest BCUT2D eigenvalue weighted by Crippen LogP contribution is -2.47. The van der Waals surface area contributed by atoms with E-state index in [1.54, 1.807) is 11.8 Å². The van der Waals surface area contributed by atoms with Gasteiger partial charge in [0.1, 0.15) is 0 Å². The highest BCUT2D eigenvalue weighted by molar-refractivity contribution is 5.94. The van der Waals surface area contributed by atoms with Gasteiger partial charge in [-0.05, 0) is 24.7 Å². The predicted octanol–water partition coefficient (Wildman–Crippen LogP) is 1.46. The van der Waals surface area contributed by atoms with Crippen molar-refractivity contribution in [2.24, 2.45) is 11.8 Å². The Balaban J connectivity index is 2.35. The van der Waals surface area contributed by atoms with Crippen LogP contribution < -0.4 is 5.32 Å². The Bertz CT molecular complexity index is 357.